The Balaban J connectivity index is 1.57. The molecule has 1 N–H and O–H groups in total. The Bertz CT molecular complexity index is 1060. The number of benzene rings is 1. The Morgan fingerprint density at radius 2 is 2.08 bits per heavy atom. The zero-order valence-corrected chi connectivity index (χ0v) is 15.5. The molecule has 0 spiro atoms. The van der Waals surface area contributed by atoms with Gasteiger partial charge < -0.3 is 4.90 Å². The van der Waals surface area contributed by atoms with Gasteiger partial charge in [0.1, 0.15) is 0 Å². The van der Waals surface area contributed by atoms with Gasteiger partial charge in [0.2, 0.25) is 11.7 Å². The van der Waals surface area contributed by atoms with E-state index >= 15 is 0 Å². The monoisotopic (exact) mass is 369 g/mol. The summed E-state index contributed by atoms with van der Waals surface area (Å²) in [5, 5.41) is 8.76. The van der Waals surface area contributed by atoms with Gasteiger partial charge in [-0.1, -0.05) is 30.0 Å². The number of aromatic amines is 1. The van der Waals surface area contributed by atoms with Crippen molar-refractivity contribution < 1.29 is 4.79 Å². The number of rotatable bonds is 3. The first kappa shape index (κ1) is 16.8. The van der Waals surface area contributed by atoms with E-state index in [0.717, 1.165) is 30.8 Å². The molecule has 1 aromatic carbocycles. The number of para-hydroxylation sites is 1. The summed E-state index contributed by atoms with van der Waals surface area (Å²) in [4.78, 5) is 29.2. The Morgan fingerprint density at radius 1 is 1.27 bits per heavy atom. The molecule has 0 bridgehead atoms. The van der Waals surface area contributed by atoms with Crippen LogP contribution in [0.25, 0.3) is 5.78 Å². The van der Waals surface area contributed by atoms with Crippen LogP contribution in [0.1, 0.15) is 23.2 Å². The molecule has 0 saturated carbocycles. The summed E-state index contributed by atoms with van der Waals surface area (Å²) < 4.78 is 1.79. The highest BCUT2D eigenvalue weighted by atomic mass is 32.2. The number of amides is 1. The van der Waals surface area contributed by atoms with E-state index in [0.29, 0.717) is 16.5 Å². The van der Waals surface area contributed by atoms with Crippen molar-refractivity contribution in [1.29, 1.82) is 0 Å². The van der Waals surface area contributed by atoms with Gasteiger partial charge in [-0.15, -0.1) is 10.2 Å². The third kappa shape index (κ3) is 2.80. The Morgan fingerprint density at radius 3 is 2.92 bits per heavy atom. The number of H-pyrrole nitrogens is 1. The molecule has 4 rings (SSSR count). The van der Waals surface area contributed by atoms with Crippen LogP contribution >= 0.6 is 11.8 Å². The maximum Gasteiger partial charge on any atom is 0.255 e. The number of hydrogen-bond acceptors (Lipinski definition) is 5. The highest BCUT2D eigenvalue weighted by molar-refractivity contribution is 7.99. The van der Waals surface area contributed by atoms with Crippen molar-refractivity contribution in [3.8, 4) is 0 Å². The van der Waals surface area contributed by atoms with Crippen LogP contribution in [0.5, 0.6) is 0 Å². The topological polar surface area (TPSA) is 83.4 Å². The molecule has 0 fully saturated rings. The van der Waals surface area contributed by atoms with E-state index in [1.807, 2.05) is 30.0 Å². The van der Waals surface area contributed by atoms with Crippen molar-refractivity contribution in [2.24, 2.45) is 0 Å². The van der Waals surface area contributed by atoms with Crippen LogP contribution in [-0.4, -0.2) is 37.8 Å². The van der Waals surface area contributed by atoms with Gasteiger partial charge >= 0.3 is 0 Å². The summed E-state index contributed by atoms with van der Waals surface area (Å²) in [6.45, 7) is 4.36. The van der Waals surface area contributed by atoms with E-state index in [2.05, 4.69) is 21.2 Å². The lowest BCUT2D eigenvalue weighted by molar-refractivity contribution is -0.116. The molecule has 0 atom stereocenters. The van der Waals surface area contributed by atoms with Gasteiger partial charge in [0.15, 0.2) is 5.16 Å². The van der Waals surface area contributed by atoms with Crippen molar-refractivity contribution in [3.63, 3.8) is 0 Å². The molecule has 3 aromatic rings. The van der Waals surface area contributed by atoms with E-state index in [-0.39, 0.29) is 17.2 Å². The number of anilines is 1. The second-order valence-electron chi connectivity index (χ2n) is 6.37. The lowest BCUT2D eigenvalue weighted by Crippen LogP contribution is -2.36. The Hall–Kier alpha value is -2.61. The summed E-state index contributed by atoms with van der Waals surface area (Å²) >= 11 is 1.34. The van der Waals surface area contributed by atoms with Gasteiger partial charge in [-0.3, -0.25) is 19.0 Å². The molecule has 0 saturated heterocycles. The second-order valence-corrected chi connectivity index (χ2v) is 7.31. The lowest BCUT2D eigenvalue weighted by atomic mass is 10.0. The van der Waals surface area contributed by atoms with E-state index in [1.54, 1.807) is 11.3 Å². The fourth-order valence-corrected chi connectivity index (χ4v) is 4.13. The molecule has 0 unspecified atom stereocenters. The van der Waals surface area contributed by atoms with Crippen LogP contribution in [-0.2, 0) is 11.2 Å². The van der Waals surface area contributed by atoms with Gasteiger partial charge in [-0.05, 0) is 38.3 Å². The Labute approximate surface area is 154 Å². The Kier molecular flexibility index (Phi) is 4.28. The predicted molar refractivity (Wildman–Crippen MR) is 101 cm³/mol. The van der Waals surface area contributed by atoms with E-state index in [1.165, 1.54) is 17.3 Å². The highest BCUT2D eigenvalue weighted by Gasteiger charge is 2.23. The van der Waals surface area contributed by atoms with Crippen molar-refractivity contribution in [3.05, 3.63) is 51.4 Å². The minimum atomic E-state index is -0.167. The third-order valence-electron chi connectivity index (χ3n) is 4.81. The first-order valence-electron chi connectivity index (χ1n) is 8.52. The largest absolute Gasteiger partial charge is 0.311 e. The number of carbonyl (C=O) groups excluding carboxylic acids is 1. The number of nitrogens with one attached hydrogen (secondary N) is 1. The standard InChI is InChI=1S/C18H19N5O2S/c1-11-12(2)23-17(19-16(11)25)20-21-18(23)26-10-15(24)22-9-5-7-13-6-3-4-8-14(13)22/h3-4,6,8H,5,7,9-10H2,1-2H3,(H,19,20,25). The average molecular weight is 369 g/mol. The molecule has 26 heavy (non-hydrogen) atoms. The van der Waals surface area contributed by atoms with Gasteiger partial charge in [0, 0.05) is 23.5 Å². The second kappa shape index (κ2) is 6.60. The van der Waals surface area contributed by atoms with Crippen LogP contribution in [0, 0.1) is 13.8 Å². The average Bonchev–Trinajstić information content (AvgIpc) is 3.06. The summed E-state index contributed by atoms with van der Waals surface area (Å²) in [5.74, 6) is 0.723. The fraction of sp³-hybridized carbons (Fsp3) is 0.333. The van der Waals surface area contributed by atoms with E-state index in [4.69, 9.17) is 0 Å². The third-order valence-corrected chi connectivity index (χ3v) is 5.73. The molecule has 8 heteroatoms. The predicted octanol–water partition coefficient (Wildman–Crippen LogP) is 2.11. The van der Waals surface area contributed by atoms with Crippen LogP contribution in [0.3, 0.4) is 0 Å². The summed E-state index contributed by atoms with van der Waals surface area (Å²) in [5.41, 5.74) is 3.46. The maximum absolute atomic E-state index is 12.8. The minimum Gasteiger partial charge on any atom is -0.311 e. The molecule has 2 aromatic heterocycles. The molecule has 1 aliphatic heterocycles. The van der Waals surface area contributed by atoms with Gasteiger partial charge in [-0.25, -0.2) is 0 Å². The van der Waals surface area contributed by atoms with Crippen LogP contribution in [0.2, 0.25) is 0 Å². The van der Waals surface area contributed by atoms with Gasteiger partial charge in [0.25, 0.3) is 5.56 Å². The summed E-state index contributed by atoms with van der Waals surface area (Å²) in [6, 6.07) is 8.06. The van der Waals surface area contributed by atoms with E-state index in [9.17, 15) is 9.59 Å². The van der Waals surface area contributed by atoms with Crippen molar-refractivity contribution in [1.82, 2.24) is 19.6 Å². The quantitative estimate of drug-likeness (QED) is 0.715. The summed E-state index contributed by atoms with van der Waals surface area (Å²) in [7, 11) is 0. The van der Waals surface area contributed by atoms with Crippen LogP contribution in [0.4, 0.5) is 5.69 Å². The maximum atomic E-state index is 12.8. The van der Waals surface area contributed by atoms with E-state index < -0.39 is 0 Å². The number of hydrogen-bond donors (Lipinski definition) is 1. The minimum absolute atomic E-state index is 0.0534. The lowest BCUT2D eigenvalue weighted by Gasteiger charge is -2.29. The number of carbonyl (C=O) groups is 1. The number of aryl methyl sites for hydroxylation is 2. The normalized spacial score (nSPS) is 13.8. The van der Waals surface area contributed by atoms with Crippen molar-refractivity contribution >= 4 is 29.1 Å². The van der Waals surface area contributed by atoms with Crippen LogP contribution in [0.15, 0.2) is 34.2 Å². The van der Waals surface area contributed by atoms with Crippen LogP contribution < -0.4 is 10.5 Å². The first-order chi connectivity index (χ1) is 12.6. The highest BCUT2D eigenvalue weighted by Crippen LogP contribution is 2.28. The zero-order valence-electron chi connectivity index (χ0n) is 14.7. The molecule has 134 valence electrons. The van der Waals surface area contributed by atoms with Gasteiger partial charge in [0.05, 0.1) is 5.75 Å². The number of fused-ring (bicyclic) bond motifs is 2. The zero-order chi connectivity index (χ0) is 18.3. The molecule has 3 heterocycles. The number of aromatic nitrogens is 4. The smallest absolute Gasteiger partial charge is 0.255 e. The first-order valence-corrected chi connectivity index (χ1v) is 9.50. The van der Waals surface area contributed by atoms with Crippen molar-refractivity contribution in [2.45, 2.75) is 31.8 Å². The number of nitrogens with zero attached hydrogens (tertiary/aromatic N) is 4. The summed E-state index contributed by atoms with van der Waals surface area (Å²) in [6.07, 6.45) is 1.98. The molecule has 7 nitrogen and oxygen atoms in total. The molecular weight excluding hydrogens is 350 g/mol. The van der Waals surface area contributed by atoms with Gasteiger partial charge in [-0.2, -0.15) is 0 Å². The fourth-order valence-electron chi connectivity index (χ4n) is 3.27. The SMILES string of the molecule is Cc1c(C)n2c(SCC(=O)N3CCCc4ccccc43)nnc2[nH]c1=O. The molecule has 1 amide bonds. The molecule has 0 aliphatic carbocycles. The molecular formula is C18H19N5O2S. The van der Waals surface area contributed by atoms with Crippen molar-refractivity contribution in [2.75, 3.05) is 17.2 Å². The molecule has 0 radical (unpaired) electrons. The molecule has 1 aliphatic rings. The number of thioether (sulfide) groups is 1.